The molecule has 0 saturated heterocycles. The normalized spacial score (nSPS) is 14.5. The number of thiophene rings is 1. The molecule has 1 amide bonds. The van der Waals surface area contributed by atoms with Gasteiger partial charge >= 0.3 is 0 Å². The number of carbonyl (C=O) groups is 1. The second-order valence-electron chi connectivity index (χ2n) is 7.23. The van der Waals surface area contributed by atoms with E-state index in [9.17, 15) is 19.1 Å². The van der Waals surface area contributed by atoms with Crippen molar-refractivity contribution in [2.75, 3.05) is 18.6 Å². The van der Waals surface area contributed by atoms with Crippen molar-refractivity contribution < 1.29 is 23.6 Å². The number of fused-ring (bicyclic) bond motifs is 2. The predicted molar refractivity (Wildman–Crippen MR) is 111 cm³/mol. The minimum atomic E-state index is -0.897. The molecule has 1 aromatic carbocycles. The number of benzene rings is 1. The van der Waals surface area contributed by atoms with Crippen LogP contribution >= 0.6 is 11.3 Å². The molecule has 0 fully saturated rings. The topological polar surface area (TPSA) is 124 Å². The maximum atomic E-state index is 13.4. The van der Waals surface area contributed by atoms with Gasteiger partial charge in [-0.3, -0.25) is 14.2 Å². The molecule has 12 heteroatoms. The third-order valence-corrected chi connectivity index (χ3v) is 6.24. The molecule has 0 saturated carbocycles. The number of anilines is 1. The van der Waals surface area contributed by atoms with E-state index in [-0.39, 0.29) is 54.6 Å². The summed E-state index contributed by atoms with van der Waals surface area (Å²) in [6.45, 7) is -0.240. The van der Waals surface area contributed by atoms with Gasteiger partial charge in [0.05, 0.1) is 6.10 Å². The Hall–Kier alpha value is -3.64. The maximum Gasteiger partial charge on any atom is 0.281 e. The van der Waals surface area contributed by atoms with Crippen LogP contribution in [0.1, 0.15) is 22.7 Å². The molecule has 0 radical (unpaired) electrons. The Morgan fingerprint density at radius 2 is 2.16 bits per heavy atom. The Morgan fingerprint density at radius 1 is 1.31 bits per heavy atom. The van der Waals surface area contributed by atoms with Gasteiger partial charge in [-0.1, -0.05) is 11.2 Å². The van der Waals surface area contributed by atoms with E-state index in [4.69, 9.17) is 9.26 Å². The van der Waals surface area contributed by atoms with Crippen LogP contribution in [-0.4, -0.2) is 44.4 Å². The summed E-state index contributed by atoms with van der Waals surface area (Å²) in [6, 6.07) is 6.24. The lowest BCUT2D eigenvalue weighted by Crippen LogP contribution is -2.41. The zero-order valence-electron chi connectivity index (χ0n) is 16.7. The Morgan fingerprint density at radius 3 is 3.00 bits per heavy atom. The number of hydrogen-bond donors (Lipinski definition) is 1. The number of hydrogen-bond acceptors (Lipinski definition) is 9. The van der Waals surface area contributed by atoms with Gasteiger partial charge in [0.15, 0.2) is 18.1 Å². The van der Waals surface area contributed by atoms with Crippen molar-refractivity contribution in [3.63, 3.8) is 0 Å². The molecule has 0 spiro atoms. The van der Waals surface area contributed by atoms with Gasteiger partial charge in [0.2, 0.25) is 11.8 Å². The number of aromatic nitrogens is 4. The van der Waals surface area contributed by atoms with Crippen LogP contribution in [0.25, 0.3) is 10.1 Å². The first-order valence-corrected chi connectivity index (χ1v) is 10.4. The van der Waals surface area contributed by atoms with Crippen LogP contribution in [-0.2, 0) is 17.8 Å². The highest BCUT2D eigenvalue weighted by molar-refractivity contribution is 7.19. The van der Waals surface area contributed by atoms with Gasteiger partial charge in [0.25, 0.3) is 11.5 Å². The van der Waals surface area contributed by atoms with Gasteiger partial charge in [-0.15, -0.1) is 11.3 Å². The number of rotatable bonds is 5. The molecule has 4 heterocycles. The molecule has 5 rings (SSSR count). The SMILES string of the molecule is CN1C(=O)COc2ncn(Cc3nc(C[C@H](O)c4cc5ccc(F)cc5s4)no3)c(=O)c21. The summed E-state index contributed by atoms with van der Waals surface area (Å²) < 4.78 is 25.8. The van der Waals surface area contributed by atoms with Crippen LogP contribution in [0.2, 0.25) is 0 Å². The van der Waals surface area contributed by atoms with Crippen molar-refractivity contribution in [2.45, 2.75) is 19.1 Å². The van der Waals surface area contributed by atoms with Crippen molar-refractivity contribution in [3.05, 3.63) is 63.4 Å². The first kappa shape index (κ1) is 20.3. The maximum absolute atomic E-state index is 13.4. The molecule has 164 valence electrons. The van der Waals surface area contributed by atoms with Crippen molar-refractivity contribution >= 4 is 33.0 Å². The summed E-state index contributed by atoms with van der Waals surface area (Å²) in [5, 5.41) is 15.3. The van der Waals surface area contributed by atoms with Crippen molar-refractivity contribution in [2.24, 2.45) is 0 Å². The van der Waals surface area contributed by atoms with Gasteiger partial charge < -0.3 is 19.3 Å². The second-order valence-corrected chi connectivity index (χ2v) is 8.34. The number of nitrogens with zero attached hydrogens (tertiary/aromatic N) is 5. The van der Waals surface area contributed by atoms with Crippen molar-refractivity contribution in [1.82, 2.24) is 19.7 Å². The highest BCUT2D eigenvalue weighted by Gasteiger charge is 2.28. The summed E-state index contributed by atoms with van der Waals surface area (Å²) in [4.78, 5) is 34.7. The molecule has 1 N–H and O–H groups in total. The average Bonchev–Trinajstić information content (AvgIpc) is 3.39. The molecule has 1 aliphatic heterocycles. The molecular formula is C20H16FN5O5S. The van der Waals surface area contributed by atoms with E-state index in [0.29, 0.717) is 4.88 Å². The fraction of sp³-hybridized carbons (Fsp3) is 0.250. The average molecular weight is 457 g/mol. The molecule has 32 heavy (non-hydrogen) atoms. The Kier molecular flexibility index (Phi) is 4.94. The van der Waals surface area contributed by atoms with E-state index in [1.54, 1.807) is 12.1 Å². The van der Waals surface area contributed by atoms with Gasteiger partial charge in [0, 0.05) is 23.0 Å². The summed E-state index contributed by atoms with van der Waals surface area (Å²) in [5.74, 6) is -0.207. The van der Waals surface area contributed by atoms with Crippen LogP contribution in [0.3, 0.4) is 0 Å². The zero-order valence-corrected chi connectivity index (χ0v) is 17.5. The Labute approximate surface area is 183 Å². The Bertz CT molecular complexity index is 1400. The largest absolute Gasteiger partial charge is 0.466 e. The van der Waals surface area contributed by atoms with Gasteiger partial charge in [0.1, 0.15) is 18.7 Å². The van der Waals surface area contributed by atoms with E-state index in [1.165, 1.54) is 46.3 Å². The highest BCUT2D eigenvalue weighted by atomic mass is 32.1. The van der Waals surface area contributed by atoms with E-state index in [0.717, 1.165) is 10.1 Å². The van der Waals surface area contributed by atoms with Gasteiger partial charge in [-0.05, 0) is 23.6 Å². The van der Waals surface area contributed by atoms with E-state index in [1.807, 2.05) is 0 Å². The Balaban J connectivity index is 1.33. The lowest BCUT2D eigenvalue weighted by atomic mass is 10.2. The fourth-order valence-electron chi connectivity index (χ4n) is 3.37. The second kappa shape index (κ2) is 7.80. The van der Waals surface area contributed by atoms with E-state index >= 15 is 0 Å². The van der Waals surface area contributed by atoms with Crippen LogP contribution in [0, 0.1) is 5.82 Å². The van der Waals surface area contributed by atoms with Gasteiger partial charge in [-0.2, -0.15) is 4.98 Å². The number of aliphatic hydroxyl groups excluding tert-OH is 1. The number of ether oxygens (including phenoxy) is 1. The summed E-state index contributed by atoms with van der Waals surface area (Å²) >= 11 is 1.29. The minimum absolute atomic E-state index is 0.0418. The number of aliphatic hydroxyl groups is 1. The molecule has 3 aromatic heterocycles. The van der Waals surface area contributed by atoms with Crippen LogP contribution in [0.5, 0.6) is 5.88 Å². The van der Waals surface area contributed by atoms with Crippen LogP contribution in [0.4, 0.5) is 10.1 Å². The molecule has 1 atom stereocenters. The molecule has 4 aromatic rings. The van der Waals surface area contributed by atoms with Crippen molar-refractivity contribution in [3.8, 4) is 5.88 Å². The molecule has 0 unspecified atom stereocenters. The predicted octanol–water partition coefficient (Wildman–Crippen LogP) is 1.66. The molecule has 10 nitrogen and oxygen atoms in total. The van der Waals surface area contributed by atoms with E-state index in [2.05, 4.69) is 15.1 Å². The number of carbonyl (C=O) groups excluding carboxylic acids is 1. The first-order chi connectivity index (χ1) is 15.4. The number of halogens is 1. The van der Waals surface area contributed by atoms with Crippen molar-refractivity contribution in [1.29, 1.82) is 0 Å². The lowest BCUT2D eigenvalue weighted by Gasteiger charge is -2.24. The zero-order chi connectivity index (χ0) is 22.4. The number of amides is 1. The van der Waals surface area contributed by atoms with Gasteiger partial charge in [-0.25, -0.2) is 9.37 Å². The summed E-state index contributed by atoms with van der Waals surface area (Å²) in [6.07, 6.45) is 0.465. The number of likely N-dealkylation sites (N-methyl/N-ethyl adjacent to an activating group) is 1. The smallest absolute Gasteiger partial charge is 0.281 e. The quantitative estimate of drug-likeness (QED) is 0.480. The summed E-state index contributed by atoms with van der Waals surface area (Å²) in [7, 11) is 1.48. The third kappa shape index (κ3) is 3.63. The first-order valence-electron chi connectivity index (χ1n) is 9.56. The lowest BCUT2D eigenvalue weighted by molar-refractivity contribution is -0.121. The highest BCUT2D eigenvalue weighted by Crippen LogP contribution is 2.31. The summed E-state index contributed by atoms with van der Waals surface area (Å²) in [5.41, 5.74) is -0.442. The third-order valence-electron chi connectivity index (χ3n) is 5.04. The molecule has 0 aliphatic carbocycles. The molecular weight excluding hydrogens is 441 g/mol. The van der Waals surface area contributed by atoms with Crippen LogP contribution < -0.4 is 15.2 Å². The monoisotopic (exact) mass is 457 g/mol. The standard InChI is InChI=1S/C20H16FN5O5S/c1-25-17(28)8-30-19-18(25)20(29)26(9-22-19)7-16-23-15(24-31-16)6-12(27)14-4-10-2-3-11(21)5-13(10)32-14/h2-5,9,12,27H,6-8H2,1H3/t12-/m0/s1. The molecule has 0 bridgehead atoms. The van der Waals surface area contributed by atoms with E-state index < -0.39 is 11.7 Å². The fourth-order valence-corrected chi connectivity index (χ4v) is 4.44. The van der Waals surface area contributed by atoms with Crippen LogP contribution in [0.15, 0.2) is 39.9 Å². The molecule has 1 aliphatic rings. The minimum Gasteiger partial charge on any atom is -0.466 e.